The molecule has 1 fully saturated rings. The van der Waals surface area contributed by atoms with E-state index in [0.717, 1.165) is 19.1 Å². The second kappa shape index (κ2) is 8.93. The standard InChI is InChI=1S/C15H31NO/c1-4-7-9-13(5-2)12-17-15-11-8-10-14(15)16-6-3/h13-16H,4-12H2,1-3H3. The number of likely N-dealkylation sites (N-methyl/N-ethyl adjacent to an activating group) is 1. The zero-order chi connectivity index (χ0) is 12.5. The van der Waals surface area contributed by atoms with E-state index in [1.54, 1.807) is 0 Å². The lowest BCUT2D eigenvalue weighted by Gasteiger charge is -2.23. The first-order chi connectivity index (χ1) is 8.31. The summed E-state index contributed by atoms with van der Waals surface area (Å²) >= 11 is 0. The Kier molecular flexibility index (Phi) is 7.87. The van der Waals surface area contributed by atoms with Crippen molar-refractivity contribution in [2.75, 3.05) is 13.2 Å². The van der Waals surface area contributed by atoms with E-state index in [2.05, 4.69) is 26.1 Å². The van der Waals surface area contributed by atoms with Crippen molar-refractivity contribution in [1.29, 1.82) is 0 Å². The molecule has 102 valence electrons. The van der Waals surface area contributed by atoms with Crippen LogP contribution in [0.25, 0.3) is 0 Å². The average molecular weight is 241 g/mol. The van der Waals surface area contributed by atoms with Gasteiger partial charge in [-0.3, -0.25) is 0 Å². The Morgan fingerprint density at radius 2 is 2.06 bits per heavy atom. The molecule has 0 saturated heterocycles. The largest absolute Gasteiger partial charge is 0.376 e. The van der Waals surface area contributed by atoms with Gasteiger partial charge in [-0.1, -0.05) is 40.0 Å². The second-order valence-corrected chi connectivity index (χ2v) is 5.38. The molecule has 1 saturated carbocycles. The smallest absolute Gasteiger partial charge is 0.0728 e. The van der Waals surface area contributed by atoms with Gasteiger partial charge in [-0.25, -0.2) is 0 Å². The van der Waals surface area contributed by atoms with Crippen LogP contribution in [-0.2, 0) is 4.74 Å². The predicted octanol–water partition coefficient (Wildman–Crippen LogP) is 3.75. The molecule has 0 aromatic rings. The fourth-order valence-corrected chi connectivity index (χ4v) is 2.78. The van der Waals surface area contributed by atoms with Crippen LogP contribution in [0, 0.1) is 5.92 Å². The molecule has 1 aliphatic carbocycles. The van der Waals surface area contributed by atoms with Crippen molar-refractivity contribution in [2.24, 2.45) is 5.92 Å². The lowest BCUT2D eigenvalue weighted by atomic mass is 10.0. The Labute approximate surface area is 108 Å². The molecule has 0 spiro atoms. The number of ether oxygens (including phenoxy) is 1. The van der Waals surface area contributed by atoms with Gasteiger partial charge in [0, 0.05) is 12.6 Å². The Morgan fingerprint density at radius 1 is 1.24 bits per heavy atom. The lowest BCUT2D eigenvalue weighted by Crippen LogP contribution is -2.37. The number of rotatable bonds is 9. The summed E-state index contributed by atoms with van der Waals surface area (Å²) in [7, 11) is 0. The first-order valence-corrected chi connectivity index (χ1v) is 7.66. The van der Waals surface area contributed by atoms with Gasteiger partial charge in [-0.05, 0) is 38.1 Å². The average Bonchev–Trinajstić information content (AvgIpc) is 2.78. The van der Waals surface area contributed by atoms with Crippen molar-refractivity contribution in [3.05, 3.63) is 0 Å². The van der Waals surface area contributed by atoms with Crippen LogP contribution in [0.3, 0.4) is 0 Å². The van der Waals surface area contributed by atoms with Gasteiger partial charge in [0.05, 0.1) is 6.10 Å². The molecule has 2 nitrogen and oxygen atoms in total. The van der Waals surface area contributed by atoms with Crippen LogP contribution in [0.5, 0.6) is 0 Å². The summed E-state index contributed by atoms with van der Waals surface area (Å²) in [6.45, 7) is 8.79. The molecule has 3 atom stereocenters. The highest BCUT2D eigenvalue weighted by molar-refractivity contribution is 4.83. The molecule has 1 N–H and O–H groups in total. The third kappa shape index (κ3) is 5.39. The zero-order valence-electron chi connectivity index (χ0n) is 12.0. The summed E-state index contributed by atoms with van der Waals surface area (Å²) in [5.41, 5.74) is 0. The Morgan fingerprint density at radius 3 is 2.71 bits per heavy atom. The van der Waals surface area contributed by atoms with Crippen LogP contribution in [0.1, 0.15) is 65.7 Å². The van der Waals surface area contributed by atoms with Gasteiger partial charge in [0.15, 0.2) is 0 Å². The van der Waals surface area contributed by atoms with Crippen molar-refractivity contribution in [3.63, 3.8) is 0 Å². The first kappa shape index (κ1) is 15.0. The van der Waals surface area contributed by atoms with Crippen molar-refractivity contribution in [2.45, 2.75) is 77.9 Å². The minimum absolute atomic E-state index is 0.477. The third-order valence-corrected chi connectivity index (χ3v) is 4.01. The topological polar surface area (TPSA) is 21.3 Å². The SMILES string of the molecule is CCCCC(CC)COC1CCCC1NCC. The summed E-state index contributed by atoms with van der Waals surface area (Å²) in [6, 6.07) is 0.615. The molecule has 1 aliphatic rings. The second-order valence-electron chi connectivity index (χ2n) is 5.38. The van der Waals surface area contributed by atoms with Crippen molar-refractivity contribution in [3.8, 4) is 0 Å². The number of unbranched alkanes of at least 4 members (excludes halogenated alkanes) is 1. The van der Waals surface area contributed by atoms with Crippen LogP contribution in [0.15, 0.2) is 0 Å². The van der Waals surface area contributed by atoms with E-state index in [9.17, 15) is 0 Å². The third-order valence-electron chi connectivity index (χ3n) is 4.01. The summed E-state index contributed by atoms with van der Waals surface area (Å²) in [5, 5.41) is 3.55. The molecule has 2 heteroatoms. The maximum atomic E-state index is 6.16. The van der Waals surface area contributed by atoms with Crippen molar-refractivity contribution >= 4 is 0 Å². The molecule has 0 radical (unpaired) electrons. The molecule has 3 unspecified atom stereocenters. The predicted molar refractivity (Wildman–Crippen MR) is 74.4 cm³/mol. The first-order valence-electron chi connectivity index (χ1n) is 7.66. The number of hydrogen-bond donors (Lipinski definition) is 1. The molecular weight excluding hydrogens is 210 g/mol. The van der Waals surface area contributed by atoms with Gasteiger partial charge in [-0.2, -0.15) is 0 Å². The van der Waals surface area contributed by atoms with Gasteiger partial charge < -0.3 is 10.1 Å². The molecule has 0 amide bonds. The Balaban J connectivity index is 2.22. The molecule has 0 heterocycles. The minimum atomic E-state index is 0.477. The van der Waals surface area contributed by atoms with Gasteiger partial charge in [0.1, 0.15) is 0 Å². The molecule has 1 rings (SSSR count). The Hall–Kier alpha value is -0.0800. The zero-order valence-corrected chi connectivity index (χ0v) is 12.0. The monoisotopic (exact) mass is 241 g/mol. The van der Waals surface area contributed by atoms with Gasteiger partial charge in [0.25, 0.3) is 0 Å². The fraction of sp³-hybridized carbons (Fsp3) is 1.00. The van der Waals surface area contributed by atoms with Crippen LogP contribution in [-0.4, -0.2) is 25.3 Å². The van der Waals surface area contributed by atoms with Gasteiger partial charge in [-0.15, -0.1) is 0 Å². The molecule has 17 heavy (non-hydrogen) atoms. The van der Waals surface area contributed by atoms with Gasteiger partial charge in [0.2, 0.25) is 0 Å². The van der Waals surface area contributed by atoms with E-state index in [-0.39, 0.29) is 0 Å². The van der Waals surface area contributed by atoms with E-state index >= 15 is 0 Å². The Bertz CT molecular complexity index is 184. The summed E-state index contributed by atoms with van der Waals surface area (Å²) < 4.78 is 6.16. The molecule has 0 bridgehead atoms. The molecule has 0 aliphatic heterocycles. The van der Waals surface area contributed by atoms with Gasteiger partial charge >= 0.3 is 0 Å². The van der Waals surface area contributed by atoms with E-state index in [1.165, 1.54) is 44.9 Å². The van der Waals surface area contributed by atoms with E-state index < -0.39 is 0 Å². The molecular formula is C15H31NO. The van der Waals surface area contributed by atoms with Crippen LogP contribution >= 0.6 is 0 Å². The summed E-state index contributed by atoms with van der Waals surface area (Å²) in [4.78, 5) is 0. The van der Waals surface area contributed by atoms with E-state index in [0.29, 0.717) is 12.1 Å². The molecule has 0 aromatic heterocycles. The molecule has 0 aromatic carbocycles. The van der Waals surface area contributed by atoms with Crippen LogP contribution in [0.2, 0.25) is 0 Å². The number of nitrogens with one attached hydrogen (secondary N) is 1. The summed E-state index contributed by atoms with van der Waals surface area (Å²) in [5.74, 6) is 0.776. The minimum Gasteiger partial charge on any atom is -0.376 e. The van der Waals surface area contributed by atoms with E-state index in [4.69, 9.17) is 4.74 Å². The van der Waals surface area contributed by atoms with E-state index in [1.807, 2.05) is 0 Å². The quantitative estimate of drug-likeness (QED) is 0.664. The highest BCUT2D eigenvalue weighted by atomic mass is 16.5. The van der Waals surface area contributed by atoms with Crippen LogP contribution < -0.4 is 5.32 Å². The lowest BCUT2D eigenvalue weighted by molar-refractivity contribution is 0.0153. The highest BCUT2D eigenvalue weighted by Crippen LogP contribution is 2.24. The van der Waals surface area contributed by atoms with Crippen molar-refractivity contribution in [1.82, 2.24) is 5.32 Å². The normalized spacial score (nSPS) is 26.3. The maximum Gasteiger partial charge on any atom is 0.0728 e. The fourth-order valence-electron chi connectivity index (χ4n) is 2.78. The van der Waals surface area contributed by atoms with Crippen molar-refractivity contribution < 1.29 is 4.74 Å². The number of hydrogen-bond acceptors (Lipinski definition) is 2. The summed E-state index contributed by atoms with van der Waals surface area (Å²) in [6.07, 6.45) is 9.61. The van der Waals surface area contributed by atoms with Crippen LogP contribution in [0.4, 0.5) is 0 Å². The highest BCUT2D eigenvalue weighted by Gasteiger charge is 2.27. The maximum absolute atomic E-state index is 6.16.